The van der Waals surface area contributed by atoms with Crippen molar-refractivity contribution in [2.75, 3.05) is 0 Å². The van der Waals surface area contributed by atoms with Crippen molar-refractivity contribution >= 4 is 49.0 Å². The highest BCUT2D eigenvalue weighted by molar-refractivity contribution is 9.11. The van der Waals surface area contributed by atoms with Gasteiger partial charge in [0.05, 0.1) is 11.7 Å². The molecule has 2 heterocycles. The van der Waals surface area contributed by atoms with Crippen LogP contribution in [0, 0.1) is 0 Å². The van der Waals surface area contributed by atoms with Gasteiger partial charge in [-0.3, -0.25) is 9.89 Å². The molecule has 4 nitrogen and oxygen atoms in total. The summed E-state index contributed by atoms with van der Waals surface area (Å²) in [6.45, 7) is 0. The van der Waals surface area contributed by atoms with E-state index in [1.165, 1.54) is 0 Å². The average molecular weight is 370 g/mol. The summed E-state index contributed by atoms with van der Waals surface area (Å²) in [5, 5.41) is 7.87. The molecule has 6 heteroatoms. The molecule has 0 spiro atoms. The van der Waals surface area contributed by atoms with Gasteiger partial charge in [0.25, 0.3) is 0 Å². The first-order valence-corrected chi connectivity index (χ1v) is 6.66. The van der Waals surface area contributed by atoms with Crippen molar-refractivity contribution in [3.8, 4) is 11.3 Å². The van der Waals surface area contributed by atoms with E-state index in [1.54, 1.807) is 18.3 Å². The zero-order valence-corrected chi connectivity index (χ0v) is 12.1. The van der Waals surface area contributed by atoms with Crippen LogP contribution in [0.4, 0.5) is 0 Å². The fourth-order valence-electron chi connectivity index (χ4n) is 1.84. The first kappa shape index (κ1) is 11.7. The molecule has 0 radical (unpaired) electrons. The Labute approximate surface area is 119 Å². The summed E-state index contributed by atoms with van der Waals surface area (Å²) in [5.74, 6) is 0.930. The van der Waals surface area contributed by atoms with Gasteiger partial charge in [0.15, 0.2) is 12.0 Å². The first-order chi connectivity index (χ1) is 8.70. The lowest BCUT2D eigenvalue weighted by atomic mass is 10.1. The molecule has 0 atom stereocenters. The van der Waals surface area contributed by atoms with E-state index in [2.05, 4.69) is 42.1 Å². The maximum Gasteiger partial charge on any atom is 0.185 e. The number of nitrogens with zero attached hydrogens (tertiary/aromatic N) is 1. The smallest absolute Gasteiger partial charge is 0.185 e. The lowest BCUT2D eigenvalue weighted by Gasteiger charge is -2.04. The van der Waals surface area contributed by atoms with Crippen molar-refractivity contribution < 1.29 is 9.21 Å². The third kappa shape index (κ3) is 1.72. The number of furan rings is 1. The molecule has 3 aromatic rings. The van der Waals surface area contributed by atoms with E-state index < -0.39 is 0 Å². The van der Waals surface area contributed by atoms with Crippen LogP contribution in [0.5, 0.6) is 0 Å². The molecule has 18 heavy (non-hydrogen) atoms. The fraction of sp³-hybridized carbons (Fsp3) is 0. The number of aldehydes is 1. The highest BCUT2D eigenvalue weighted by Crippen LogP contribution is 2.38. The zero-order valence-electron chi connectivity index (χ0n) is 8.91. The summed E-state index contributed by atoms with van der Waals surface area (Å²) < 4.78 is 7.24. The van der Waals surface area contributed by atoms with E-state index in [1.807, 2.05) is 6.07 Å². The Morgan fingerprint density at radius 3 is 2.83 bits per heavy atom. The van der Waals surface area contributed by atoms with E-state index in [9.17, 15) is 4.79 Å². The lowest BCUT2D eigenvalue weighted by molar-refractivity contribution is 0.110. The number of rotatable bonds is 2. The van der Waals surface area contributed by atoms with E-state index in [-0.39, 0.29) is 0 Å². The third-order valence-electron chi connectivity index (χ3n) is 2.63. The maximum atomic E-state index is 10.7. The van der Waals surface area contributed by atoms with Crippen LogP contribution in [0.2, 0.25) is 0 Å². The van der Waals surface area contributed by atoms with E-state index in [0.717, 1.165) is 25.4 Å². The second kappa shape index (κ2) is 4.37. The minimum Gasteiger partial charge on any atom is -0.453 e. The van der Waals surface area contributed by atoms with E-state index in [4.69, 9.17) is 4.42 Å². The van der Waals surface area contributed by atoms with Crippen LogP contribution < -0.4 is 0 Å². The number of hydrogen-bond acceptors (Lipinski definition) is 3. The van der Waals surface area contributed by atoms with Crippen LogP contribution in [0.15, 0.2) is 37.8 Å². The number of fused-ring (bicyclic) bond motifs is 1. The van der Waals surface area contributed by atoms with Gasteiger partial charge in [0.1, 0.15) is 5.76 Å². The Kier molecular flexibility index (Phi) is 2.83. The van der Waals surface area contributed by atoms with Gasteiger partial charge in [0.2, 0.25) is 0 Å². The maximum absolute atomic E-state index is 10.7. The van der Waals surface area contributed by atoms with Gasteiger partial charge < -0.3 is 4.42 Å². The van der Waals surface area contributed by atoms with Crippen molar-refractivity contribution in [3.63, 3.8) is 0 Å². The Bertz CT molecular complexity index is 746. The number of halogens is 2. The zero-order chi connectivity index (χ0) is 12.7. The van der Waals surface area contributed by atoms with Gasteiger partial charge in [0, 0.05) is 19.9 Å². The molecule has 0 saturated carbocycles. The molecule has 0 fully saturated rings. The normalized spacial score (nSPS) is 11.0. The predicted octanol–water partition coefficient (Wildman–Crippen LogP) is 4.16. The first-order valence-electron chi connectivity index (χ1n) is 5.07. The molecule has 1 aromatic carbocycles. The van der Waals surface area contributed by atoms with Gasteiger partial charge in [-0.25, -0.2) is 0 Å². The number of aromatic nitrogens is 2. The summed E-state index contributed by atoms with van der Waals surface area (Å²) in [6, 6.07) is 5.33. The van der Waals surface area contributed by atoms with Crippen LogP contribution in [0.3, 0.4) is 0 Å². The minimum absolute atomic E-state index is 0.302. The second-order valence-corrected chi connectivity index (χ2v) is 5.40. The van der Waals surface area contributed by atoms with Gasteiger partial charge in [-0.15, -0.1) is 0 Å². The molecule has 0 aliphatic heterocycles. The fourth-order valence-corrected chi connectivity index (χ4v) is 3.32. The Morgan fingerprint density at radius 2 is 2.11 bits per heavy atom. The van der Waals surface area contributed by atoms with Crippen LogP contribution >= 0.6 is 31.9 Å². The molecule has 0 amide bonds. The number of nitrogens with one attached hydrogen (secondary N) is 1. The number of carbonyl (C=O) groups excluding carboxylic acids is 1. The van der Waals surface area contributed by atoms with Gasteiger partial charge in [-0.1, -0.05) is 0 Å². The number of H-pyrrole nitrogens is 1. The summed E-state index contributed by atoms with van der Waals surface area (Å²) in [5.41, 5.74) is 1.76. The molecule has 90 valence electrons. The third-order valence-corrected chi connectivity index (χ3v) is 3.88. The number of benzene rings is 1. The summed E-state index contributed by atoms with van der Waals surface area (Å²) in [4.78, 5) is 10.7. The topological polar surface area (TPSA) is 58.9 Å². The van der Waals surface area contributed by atoms with Crippen molar-refractivity contribution in [2.24, 2.45) is 0 Å². The highest BCUT2D eigenvalue weighted by Gasteiger charge is 2.15. The van der Waals surface area contributed by atoms with Crippen LogP contribution in [-0.2, 0) is 0 Å². The van der Waals surface area contributed by atoms with Crippen molar-refractivity contribution in [3.05, 3.63) is 39.1 Å². The van der Waals surface area contributed by atoms with Gasteiger partial charge >= 0.3 is 0 Å². The highest BCUT2D eigenvalue weighted by atomic mass is 79.9. The molecular formula is C12H6Br2N2O2. The molecule has 0 unspecified atom stereocenters. The lowest BCUT2D eigenvalue weighted by Crippen LogP contribution is -1.81. The van der Waals surface area contributed by atoms with Crippen molar-refractivity contribution in [1.82, 2.24) is 10.2 Å². The average Bonchev–Trinajstić information content (AvgIpc) is 2.97. The monoisotopic (exact) mass is 368 g/mol. The van der Waals surface area contributed by atoms with E-state index in [0.29, 0.717) is 17.8 Å². The van der Waals surface area contributed by atoms with Crippen molar-refractivity contribution in [1.29, 1.82) is 0 Å². The van der Waals surface area contributed by atoms with Crippen LogP contribution in [0.25, 0.3) is 22.2 Å². The van der Waals surface area contributed by atoms with Crippen molar-refractivity contribution in [2.45, 2.75) is 0 Å². The Morgan fingerprint density at radius 1 is 1.28 bits per heavy atom. The van der Waals surface area contributed by atoms with Gasteiger partial charge in [-0.2, -0.15) is 5.10 Å². The van der Waals surface area contributed by atoms with Gasteiger partial charge in [-0.05, 0) is 50.1 Å². The molecular weight excluding hydrogens is 364 g/mol. The van der Waals surface area contributed by atoms with Crippen LogP contribution in [0.1, 0.15) is 10.6 Å². The molecule has 2 aromatic heterocycles. The molecule has 0 bridgehead atoms. The molecule has 3 rings (SSSR count). The molecule has 0 aliphatic carbocycles. The molecule has 0 saturated heterocycles. The predicted molar refractivity (Wildman–Crippen MR) is 74.6 cm³/mol. The van der Waals surface area contributed by atoms with E-state index >= 15 is 0 Å². The summed E-state index contributed by atoms with van der Waals surface area (Å²) in [7, 11) is 0. The summed E-state index contributed by atoms with van der Waals surface area (Å²) in [6.07, 6.45) is 2.41. The minimum atomic E-state index is 0.302. The number of aromatic amines is 1. The molecule has 0 aliphatic rings. The number of carbonyl (C=O) groups is 1. The second-order valence-electron chi connectivity index (χ2n) is 3.69. The Balaban J connectivity index is 2.34. The number of hydrogen-bond donors (Lipinski definition) is 1. The SMILES string of the molecule is O=Cc1ccc(-c2c(Br)cc(Br)c3[nH]ncc23)o1. The summed E-state index contributed by atoms with van der Waals surface area (Å²) >= 11 is 6.97. The van der Waals surface area contributed by atoms with Crippen LogP contribution in [-0.4, -0.2) is 16.5 Å². The molecule has 1 N–H and O–H groups in total. The standard InChI is InChI=1S/C12H6Br2N2O2/c13-8-3-9(14)12-7(4-15-16-12)11(8)10-2-1-6(5-17)18-10/h1-5H,(H,15,16). The Hall–Kier alpha value is -1.40. The largest absolute Gasteiger partial charge is 0.453 e. The quantitative estimate of drug-likeness (QED) is 0.690.